The van der Waals surface area contributed by atoms with Crippen molar-refractivity contribution in [1.29, 1.82) is 0 Å². The Bertz CT molecular complexity index is 242. The monoisotopic (exact) mass is 179 g/mol. The molecule has 0 atom stereocenters. The van der Waals surface area contributed by atoms with Crippen molar-refractivity contribution in [1.82, 2.24) is 9.59 Å². The van der Waals surface area contributed by atoms with Gasteiger partial charge in [-0.05, 0) is 0 Å². The molecule has 56 valence electrons. The molecule has 0 fully saturated rings. The minimum absolute atomic E-state index is 0.0293. The van der Waals surface area contributed by atoms with Crippen molar-refractivity contribution in [3.63, 3.8) is 0 Å². The molecular weight excluding hydrogens is 175 g/mol. The molecule has 0 aromatic carbocycles. The summed E-state index contributed by atoms with van der Waals surface area (Å²) in [5.74, 6) is -0.0293. The molecule has 1 aromatic heterocycles. The standard InChI is InChI=1S/C2H4N4O2PS/c3-9(4,7)8-2-1-10-6-5-2/h(H4,3,4,7)/q-1. The van der Waals surface area contributed by atoms with Gasteiger partial charge in [0.05, 0.1) is 5.88 Å². The van der Waals surface area contributed by atoms with Crippen LogP contribution >= 0.6 is 19.2 Å². The molecule has 0 spiro atoms. The smallest absolute Gasteiger partial charge is 0.383 e. The highest BCUT2D eigenvalue weighted by Crippen LogP contribution is 2.28. The van der Waals surface area contributed by atoms with Crippen LogP contribution in [0.1, 0.15) is 0 Å². The molecule has 0 aliphatic heterocycles. The van der Waals surface area contributed by atoms with Crippen LogP contribution in [0.2, 0.25) is 0 Å². The van der Waals surface area contributed by atoms with Crippen molar-refractivity contribution in [2.75, 3.05) is 0 Å². The number of rotatable bonds is 2. The maximum Gasteiger partial charge on any atom is 0.383 e. The van der Waals surface area contributed by atoms with Gasteiger partial charge in [-0.25, -0.2) is 27.1 Å². The van der Waals surface area contributed by atoms with Gasteiger partial charge in [0, 0.05) is 0 Å². The van der Waals surface area contributed by atoms with E-state index in [2.05, 4.69) is 19.5 Å². The molecule has 0 saturated heterocycles. The van der Waals surface area contributed by atoms with Gasteiger partial charge in [0.1, 0.15) is 0 Å². The van der Waals surface area contributed by atoms with Gasteiger partial charge in [-0.1, -0.05) is 0 Å². The van der Waals surface area contributed by atoms with E-state index in [4.69, 9.17) is 11.0 Å². The summed E-state index contributed by atoms with van der Waals surface area (Å²) in [5.41, 5.74) is 9.71. The largest absolute Gasteiger partial charge is 0.439 e. The number of hydrogen-bond acceptors (Lipinski definition) is 5. The Hall–Kier alpha value is -0.490. The van der Waals surface area contributed by atoms with Crippen molar-refractivity contribution in [3.05, 3.63) is 5.38 Å². The van der Waals surface area contributed by atoms with E-state index in [0.717, 1.165) is 11.5 Å². The Labute approximate surface area is 60.9 Å². The highest BCUT2D eigenvalue weighted by atomic mass is 32.1. The van der Waals surface area contributed by atoms with E-state index in [-0.39, 0.29) is 5.88 Å². The van der Waals surface area contributed by atoms with Crippen molar-refractivity contribution in [2.24, 2.45) is 11.0 Å². The summed E-state index contributed by atoms with van der Waals surface area (Å²) in [6, 6.07) is 0. The van der Waals surface area contributed by atoms with Gasteiger partial charge in [-0.3, -0.25) is 0 Å². The SMILES string of the molecule is NP(N)(=O)Oc1[c-]snn1. The van der Waals surface area contributed by atoms with Crippen LogP contribution in [0.4, 0.5) is 0 Å². The first-order chi connectivity index (χ1) is 4.58. The minimum Gasteiger partial charge on any atom is -0.439 e. The maximum atomic E-state index is 10.5. The van der Waals surface area contributed by atoms with E-state index in [1.54, 1.807) is 0 Å². The highest BCUT2D eigenvalue weighted by Gasteiger charge is 2.06. The number of nitrogens with two attached hydrogens (primary N) is 2. The van der Waals surface area contributed by atoms with E-state index in [9.17, 15) is 4.57 Å². The Balaban J connectivity index is 2.66. The fourth-order valence-electron chi connectivity index (χ4n) is 0.309. The van der Waals surface area contributed by atoms with E-state index in [1.807, 2.05) is 0 Å². The summed E-state index contributed by atoms with van der Waals surface area (Å²) in [7, 11) is -3.48. The van der Waals surface area contributed by atoms with Crippen molar-refractivity contribution >= 4 is 19.2 Å². The lowest BCUT2D eigenvalue weighted by Crippen LogP contribution is -2.10. The first-order valence-electron chi connectivity index (χ1n) is 2.15. The average Bonchev–Trinajstić information content (AvgIpc) is 2.12. The molecule has 10 heavy (non-hydrogen) atoms. The molecule has 1 heterocycles. The summed E-state index contributed by atoms with van der Waals surface area (Å²) >= 11 is 0.937. The lowest BCUT2D eigenvalue weighted by atomic mass is 10.9. The Kier molecular flexibility index (Phi) is 2.00. The van der Waals surface area contributed by atoms with Crippen LogP contribution in [0.5, 0.6) is 5.88 Å². The molecule has 6 nitrogen and oxygen atoms in total. The first kappa shape index (κ1) is 7.62. The third kappa shape index (κ3) is 2.40. The topological polar surface area (TPSA) is 104 Å². The third-order valence-electron chi connectivity index (χ3n) is 0.535. The predicted molar refractivity (Wildman–Crippen MR) is 35.4 cm³/mol. The van der Waals surface area contributed by atoms with E-state index in [1.165, 1.54) is 0 Å². The fourth-order valence-corrected chi connectivity index (χ4v) is 1.04. The maximum absolute atomic E-state index is 10.5. The van der Waals surface area contributed by atoms with Gasteiger partial charge in [0.2, 0.25) is 0 Å². The lowest BCUT2D eigenvalue weighted by molar-refractivity contribution is 0.473. The quantitative estimate of drug-likeness (QED) is 0.478. The molecule has 0 bridgehead atoms. The van der Waals surface area contributed by atoms with Gasteiger partial charge in [0.25, 0.3) is 0 Å². The molecule has 0 unspecified atom stereocenters. The molecule has 0 saturated carbocycles. The van der Waals surface area contributed by atoms with E-state index >= 15 is 0 Å². The Morgan fingerprint density at radius 1 is 1.70 bits per heavy atom. The molecule has 0 radical (unpaired) electrons. The van der Waals surface area contributed by atoms with Crippen molar-refractivity contribution in [2.45, 2.75) is 0 Å². The predicted octanol–water partition coefficient (Wildman–Crippen LogP) is -0.257. The second kappa shape index (κ2) is 2.63. The zero-order valence-electron chi connectivity index (χ0n) is 4.72. The van der Waals surface area contributed by atoms with Gasteiger partial charge in [0.15, 0.2) is 0 Å². The summed E-state index contributed by atoms with van der Waals surface area (Å²) in [6.07, 6.45) is 0. The normalized spacial score (nSPS) is 11.4. The van der Waals surface area contributed by atoms with Crippen LogP contribution in [0.15, 0.2) is 0 Å². The third-order valence-corrected chi connectivity index (χ3v) is 1.42. The van der Waals surface area contributed by atoms with Crippen LogP contribution in [0, 0.1) is 5.38 Å². The first-order valence-corrected chi connectivity index (χ1v) is 4.68. The van der Waals surface area contributed by atoms with Crippen LogP contribution in [-0.2, 0) is 4.57 Å². The van der Waals surface area contributed by atoms with Gasteiger partial charge >= 0.3 is 7.67 Å². The van der Waals surface area contributed by atoms with Gasteiger partial charge < -0.3 is 9.90 Å². The molecule has 0 aliphatic rings. The Morgan fingerprint density at radius 2 is 2.40 bits per heavy atom. The second-order valence-electron chi connectivity index (χ2n) is 1.42. The van der Waals surface area contributed by atoms with Crippen LogP contribution in [-0.4, -0.2) is 9.59 Å². The van der Waals surface area contributed by atoms with Crippen molar-refractivity contribution < 1.29 is 9.09 Å². The van der Waals surface area contributed by atoms with Crippen molar-refractivity contribution in [3.8, 4) is 5.88 Å². The molecular formula is C2H4N4O2PS-. The molecule has 8 heteroatoms. The van der Waals surface area contributed by atoms with E-state index < -0.39 is 7.67 Å². The zero-order chi connectivity index (χ0) is 7.61. The van der Waals surface area contributed by atoms with Crippen LogP contribution in [0.25, 0.3) is 0 Å². The summed E-state index contributed by atoms with van der Waals surface area (Å²) < 4.78 is 18.4. The number of aromatic nitrogens is 2. The molecule has 0 amide bonds. The molecule has 4 N–H and O–H groups in total. The average molecular weight is 179 g/mol. The molecule has 1 aromatic rings. The van der Waals surface area contributed by atoms with Crippen LogP contribution in [0.3, 0.4) is 0 Å². The molecule has 1 rings (SSSR count). The minimum atomic E-state index is -3.48. The van der Waals surface area contributed by atoms with E-state index in [0.29, 0.717) is 0 Å². The van der Waals surface area contributed by atoms with Crippen LogP contribution < -0.4 is 15.5 Å². The summed E-state index contributed by atoms with van der Waals surface area (Å²) in [4.78, 5) is 0. The summed E-state index contributed by atoms with van der Waals surface area (Å²) in [5, 5.41) is 5.82. The van der Waals surface area contributed by atoms with Gasteiger partial charge in [-0.15, -0.1) is 9.59 Å². The Morgan fingerprint density at radius 3 is 2.80 bits per heavy atom. The summed E-state index contributed by atoms with van der Waals surface area (Å²) in [6.45, 7) is 0. The highest BCUT2D eigenvalue weighted by molar-refractivity contribution is 7.54. The van der Waals surface area contributed by atoms with Gasteiger partial charge in [-0.2, -0.15) is 0 Å². The fraction of sp³-hybridized carbons (Fsp3) is 0. The second-order valence-corrected chi connectivity index (χ2v) is 3.44. The number of hydrogen-bond donors (Lipinski definition) is 2. The lowest BCUT2D eigenvalue weighted by Gasteiger charge is -2.08. The number of nitrogens with zero attached hydrogens (tertiary/aromatic N) is 2. The molecule has 0 aliphatic carbocycles. The zero-order valence-corrected chi connectivity index (χ0v) is 6.43.